The zero-order valence-electron chi connectivity index (χ0n) is 26.2. The fraction of sp³-hybridized carbons (Fsp3) is 0.406. The van der Waals surface area contributed by atoms with Crippen LogP contribution in [0.2, 0.25) is 0 Å². The average molecular weight is 659 g/mol. The monoisotopic (exact) mass is 658 g/mol. The number of halogens is 2. The van der Waals surface area contributed by atoms with Crippen LogP contribution in [0.25, 0.3) is 0 Å². The molecule has 1 saturated heterocycles. The normalized spacial score (nSPS) is 14.0. The molecule has 0 aliphatic carbocycles. The summed E-state index contributed by atoms with van der Waals surface area (Å²) in [4.78, 5) is 33.7. The molecule has 248 valence electrons. The Balaban J connectivity index is 1.31. The lowest BCUT2D eigenvalue weighted by atomic mass is 10.0. The van der Waals surface area contributed by atoms with Crippen LogP contribution in [-0.2, 0) is 16.6 Å². The summed E-state index contributed by atoms with van der Waals surface area (Å²) in [6.07, 6.45) is 4.81. The topological polar surface area (TPSA) is 133 Å². The second-order valence-corrected chi connectivity index (χ2v) is 13.0. The first-order valence-corrected chi connectivity index (χ1v) is 16.9. The second kappa shape index (κ2) is 15.8. The van der Waals surface area contributed by atoms with Gasteiger partial charge in [0.25, 0.3) is 5.91 Å². The molecule has 0 radical (unpaired) electrons. The molecule has 1 aromatic heterocycles. The van der Waals surface area contributed by atoms with Gasteiger partial charge in [-0.1, -0.05) is 19.4 Å². The summed E-state index contributed by atoms with van der Waals surface area (Å²) < 4.78 is 60.4. The summed E-state index contributed by atoms with van der Waals surface area (Å²) in [5.41, 5.74) is 0.846. The molecule has 0 bridgehead atoms. The highest BCUT2D eigenvalue weighted by Gasteiger charge is 2.29. The Hall–Kier alpha value is -4.30. The molecule has 3 N–H and O–H groups in total. The predicted molar refractivity (Wildman–Crippen MR) is 173 cm³/mol. The van der Waals surface area contributed by atoms with Gasteiger partial charge in [-0.3, -0.25) is 14.4 Å². The molecule has 1 aliphatic rings. The molecule has 11 nitrogen and oxygen atoms in total. The van der Waals surface area contributed by atoms with E-state index in [2.05, 4.69) is 25.2 Å². The molecule has 2 heterocycles. The molecule has 46 heavy (non-hydrogen) atoms. The van der Waals surface area contributed by atoms with Crippen molar-refractivity contribution in [2.45, 2.75) is 52.1 Å². The van der Waals surface area contributed by atoms with E-state index in [1.165, 1.54) is 7.05 Å². The minimum Gasteiger partial charge on any atom is -0.439 e. The van der Waals surface area contributed by atoms with Crippen LogP contribution in [0.1, 0.15) is 55.5 Å². The molecule has 1 aliphatic heterocycles. The van der Waals surface area contributed by atoms with Gasteiger partial charge in [0.15, 0.2) is 0 Å². The van der Waals surface area contributed by atoms with Crippen molar-refractivity contribution in [3.05, 3.63) is 77.5 Å². The molecule has 3 amide bonds. The summed E-state index contributed by atoms with van der Waals surface area (Å²) >= 11 is 0. The zero-order valence-corrected chi connectivity index (χ0v) is 27.0. The summed E-state index contributed by atoms with van der Waals surface area (Å²) in [6.45, 7) is 6.21. The molecule has 0 saturated carbocycles. The molecule has 2 aromatic carbocycles. The Labute approximate surface area is 268 Å². The van der Waals surface area contributed by atoms with Gasteiger partial charge in [0.2, 0.25) is 15.9 Å². The highest BCUT2D eigenvalue weighted by molar-refractivity contribution is 7.92. The molecule has 14 heteroatoms. The smallest absolute Gasteiger partial charge is 0.322 e. The van der Waals surface area contributed by atoms with E-state index in [1.807, 2.05) is 13.0 Å². The number of nitrogens with one attached hydrogen (secondary N) is 3. The first kappa shape index (κ1) is 34.6. The van der Waals surface area contributed by atoms with Crippen molar-refractivity contribution in [3.8, 4) is 11.6 Å². The van der Waals surface area contributed by atoms with Crippen molar-refractivity contribution >= 4 is 33.3 Å². The third-order valence-electron chi connectivity index (χ3n) is 7.72. The third kappa shape index (κ3) is 9.36. The number of carbonyl (C=O) groups excluding carboxylic acids is 2. The Bertz CT molecular complexity index is 1600. The Morgan fingerprint density at radius 3 is 2.37 bits per heavy atom. The highest BCUT2D eigenvalue weighted by atomic mass is 32.2. The van der Waals surface area contributed by atoms with Crippen LogP contribution in [-0.4, -0.2) is 73.6 Å². The number of nitrogens with zero attached hydrogens (tertiary/aromatic N) is 3. The van der Waals surface area contributed by atoms with Crippen molar-refractivity contribution in [2.75, 3.05) is 42.5 Å². The molecule has 0 atom stereocenters. The summed E-state index contributed by atoms with van der Waals surface area (Å²) in [5.74, 6) is -1.77. The van der Waals surface area contributed by atoms with Gasteiger partial charge in [-0.15, -0.1) is 0 Å². The van der Waals surface area contributed by atoms with E-state index in [4.69, 9.17) is 4.74 Å². The third-order valence-corrected chi connectivity index (χ3v) is 9.02. The number of unbranched alkanes of at least 4 members (excludes halogenated alkanes) is 1. The number of sulfonamides is 1. The Morgan fingerprint density at radius 2 is 1.76 bits per heavy atom. The van der Waals surface area contributed by atoms with Crippen LogP contribution in [0.3, 0.4) is 0 Å². The van der Waals surface area contributed by atoms with Gasteiger partial charge >= 0.3 is 6.03 Å². The van der Waals surface area contributed by atoms with Gasteiger partial charge in [0.1, 0.15) is 17.4 Å². The standard InChI is InChI=1S/C32H40F2N6O5S/c1-4-6-15-40(32(42)37-29-18-26(31(41)35-3)27(33)19-28(29)34)24-13-16-39(17-14-24)21-22-7-12-30(36-20-22)45-25-10-8-23(9-11-25)38-46(43,44)5-2/h7-12,18-20,24,38H,4-6,13-17,21H2,1-3H3,(H,35,41)(H,37,42). The van der Waals surface area contributed by atoms with Crippen LogP contribution >= 0.6 is 0 Å². The highest BCUT2D eigenvalue weighted by Crippen LogP contribution is 2.25. The quantitative estimate of drug-likeness (QED) is 0.219. The van der Waals surface area contributed by atoms with Crippen molar-refractivity contribution in [1.29, 1.82) is 0 Å². The van der Waals surface area contributed by atoms with Gasteiger partial charge in [-0.25, -0.2) is 27.0 Å². The largest absolute Gasteiger partial charge is 0.439 e. The van der Waals surface area contributed by atoms with E-state index in [1.54, 1.807) is 48.4 Å². The number of aromatic nitrogens is 1. The number of urea groups is 1. The number of piperidine rings is 1. The van der Waals surface area contributed by atoms with Crippen LogP contribution in [0.4, 0.5) is 25.0 Å². The predicted octanol–water partition coefficient (Wildman–Crippen LogP) is 5.57. The maximum absolute atomic E-state index is 14.5. The van der Waals surface area contributed by atoms with Crippen molar-refractivity contribution in [1.82, 2.24) is 20.1 Å². The van der Waals surface area contributed by atoms with Crippen molar-refractivity contribution in [3.63, 3.8) is 0 Å². The number of benzene rings is 2. The Kier molecular flexibility index (Phi) is 11.9. The number of amides is 3. The summed E-state index contributed by atoms with van der Waals surface area (Å²) in [5, 5.41) is 4.87. The van der Waals surface area contributed by atoms with E-state index in [-0.39, 0.29) is 23.0 Å². The first-order chi connectivity index (χ1) is 22.0. The van der Waals surface area contributed by atoms with Gasteiger partial charge in [-0.2, -0.15) is 0 Å². The van der Waals surface area contributed by atoms with Gasteiger partial charge < -0.3 is 20.3 Å². The van der Waals surface area contributed by atoms with E-state index < -0.39 is 33.6 Å². The lowest BCUT2D eigenvalue weighted by molar-refractivity contribution is 0.0959. The van der Waals surface area contributed by atoms with Crippen LogP contribution in [0.15, 0.2) is 54.7 Å². The zero-order chi connectivity index (χ0) is 33.3. The molecule has 1 fully saturated rings. The molecule has 0 unspecified atom stereocenters. The molecular formula is C32H40F2N6O5S. The van der Waals surface area contributed by atoms with Gasteiger partial charge in [-0.05, 0) is 62.1 Å². The fourth-order valence-corrected chi connectivity index (χ4v) is 5.73. The van der Waals surface area contributed by atoms with Crippen LogP contribution in [0.5, 0.6) is 11.6 Å². The van der Waals surface area contributed by atoms with Crippen LogP contribution < -0.4 is 20.1 Å². The van der Waals surface area contributed by atoms with Crippen molar-refractivity contribution < 1.29 is 31.5 Å². The number of likely N-dealkylation sites (tertiary alicyclic amines) is 1. The second-order valence-electron chi connectivity index (χ2n) is 11.0. The fourth-order valence-electron chi connectivity index (χ4n) is 5.09. The van der Waals surface area contributed by atoms with Crippen LogP contribution in [0, 0.1) is 11.6 Å². The van der Waals surface area contributed by atoms with E-state index >= 15 is 0 Å². The minimum absolute atomic E-state index is 0.0155. The number of carbonyl (C=O) groups is 2. The average Bonchev–Trinajstić information content (AvgIpc) is 3.04. The maximum Gasteiger partial charge on any atom is 0.322 e. The number of hydrogen-bond acceptors (Lipinski definition) is 7. The van der Waals surface area contributed by atoms with E-state index in [0.29, 0.717) is 49.3 Å². The summed E-state index contributed by atoms with van der Waals surface area (Å²) in [6, 6.07) is 11.3. The number of pyridine rings is 1. The van der Waals surface area contributed by atoms with Crippen molar-refractivity contribution in [2.24, 2.45) is 0 Å². The SMILES string of the molecule is CCCCN(C(=O)Nc1cc(C(=O)NC)c(F)cc1F)C1CCN(Cc2ccc(Oc3ccc(NS(=O)(=O)CC)cc3)nc2)CC1. The van der Waals surface area contributed by atoms with E-state index in [9.17, 15) is 26.8 Å². The molecule has 0 spiro atoms. The maximum atomic E-state index is 14.5. The van der Waals surface area contributed by atoms with Gasteiger partial charge in [0, 0.05) is 63.3 Å². The first-order valence-electron chi connectivity index (χ1n) is 15.3. The van der Waals surface area contributed by atoms with E-state index in [0.717, 1.165) is 37.6 Å². The molecule has 3 aromatic rings. The summed E-state index contributed by atoms with van der Waals surface area (Å²) in [7, 11) is -2.01. The number of hydrogen-bond donors (Lipinski definition) is 3. The molecule has 4 rings (SSSR count). The van der Waals surface area contributed by atoms with Gasteiger partial charge in [0.05, 0.1) is 17.0 Å². The number of anilines is 2. The number of ether oxygens (including phenoxy) is 1. The lowest BCUT2D eigenvalue weighted by Gasteiger charge is -2.38. The number of rotatable bonds is 13. The minimum atomic E-state index is -3.36. The molecular weight excluding hydrogens is 618 g/mol. The Morgan fingerprint density at radius 1 is 1.04 bits per heavy atom. The lowest BCUT2D eigenvalue weighted by Crippen LogP contribution is -2.49.